The van der Waals surface area contributed by atoms with Crippen molar-refractivity contribution in [2.45, 2.75) is 12.8 Å². The van der Waals surface area contributed by atoms with Crippen molar-refractivity contribution in [2.75, 3.05) is 24.9 Å². The molecule has 0 atom stereocenters. The van der Waals surface area contributed by atoms with Gasteiger partial charge in [-0.1, -0.05) is 12.1 Å². The number of methoxy groups -OCH3 is 2. The Morgan fingerprint density at radius 2 is 1.78 bits per heavy atom. The molecule has 0 unspecified atom stereocenters. The van der Waals surface area contributed by atoms with Crippen molar-refractivity contribution in [2.24, 2.45) is 5.92 Å². The average molecular weight is 431 g/mol. The zero-order valence-electron chi connectivity index (χ0n) is 18.0. The summed E-state index contributed by atoms with van der Waals surface area (Å²) in [5.41, 5.74) is 2.61. The third-order valence-electron chi connectivity index (χ3n) is 4.99. The van der Waals surface area contributed by atoms with Crippen molar-refractivity contribution >= 4 is 34.0 Å². The van der Waals surface area contributed by atoms with E-state index in [4.69, 9.17) is 9.47 Å². The third kappa shape index (κ3) is 5.15. The number of para-hydroxylation sites is 1. The van der Waals surface area contributed by atoms with Crippen molar-refractivity contribution in [3.63, 3.8) is 0 Å². The molecule has 164 valence electrons. The van der Waals surface area contributed by atoms with Gasteiger partial charge in [0.2, 0.25) is 11.8 Å². The maximum atomic E-state index is 11.4. The zero-order valence-corrected chi connectivity index (χ0v) is 18.0. The van der Waals surface area contributed by atoms with E-state index >= 15 is 0 Å². The molecule has 0 saturated heterocycles. The number of hydrogen-bond donors (Lipinski definition) is 3. The first-order chi connectivity index (χ1) is 15.7. The highest BCUT2D eigenvalue weighted by atomic mass is 16.5. The van der Waals surface area contributed by atoms with Gasteiger partial charge in [0.05, 0.1) is 19.7 Å². The number of nitrogens with zero attached hydrogens (tertiary/aromatic N) is 2. The van der Waals surface area contributed by atoms with Crippen LogP contribution in [0.4, 0.5) is 17.2 Å². The number of ether oxygens (including phenoxy) is 2. The number of nitrogens with one attached hydrogen (secondary N) is 3. The first kappa shape index (κ1) is 21.2. The zero-order chi connectivity index (χ0) is 22.3. The van der Waals surface area contributed by atoms with Gasteiger partial charge in [0.15, 0.2) is 5.82 Å². The van der Waals surface area contributed by atoms with E-state index in [0.29, 0.717) is 5.88 Å². The number of benzene rings is 2. The van der Waals surface area contributed by atoms with Gasteiger partial charge in [-0.3, -0.25) is 9.89 Å². The van der Waals surface area contributed by atoms with Gasteiger partial charge < -0.3 is 20.1 Å². The van der Waals surface area contributed by atoms with E-state index in [0.717, 1.165) is 46.7 Å². The van der Waals surface area contributed by atoms with Crippen molar-refractivity contribution in [1.29, 1.82) is 0 Å². The van der Waals surface area contributed by atoms with Crippen LogP contribution >= 0.6 is 0 Å². The van der Waals surface area contributed by atoms with Gasteiger partial charge in [-0.2, -0.15) is 5.10 Å². The fourth-order valence-corrected chi connectivity index (χ4v) is 3.10. The second-order valence-electron chi connectivity index (χ2n) is 7.30. The predicted octanol–water partition coefficient (Wildman–Crippen LogP) is 4.75. The number of aromatic amines is 1. The highest BCUT2D eigenvalue weighted by Crippen LogP contribution is 2.30. The molecule has 1 saturated carbocycles. The number of rotatable bonds is 6. The molecule has 2 aromatic heterocycles. The highest BCUT2D eigenvalue weighted by molar-refractivity contribution is 5.94. The van der Waals surface area contributed by atoms with E-state index < -0.39 is 0 Å². The van der Waals surface area contributed by atoms with Crippen LogP contribution in [0.3, 0.4) is 0 Å². The minimum Gasteiger partial charge on any atom is -0.497 e. The smallest absolute Gasteiger partial charge is 0.237 e. The number of anilines is 3. The molecule has 1 aliphatic rings. The van der Waals surface area contributed by atoms with Gasteiger partial charge >= 0.3 is 0 Å². The fourth-order valence-electron chi connectivity index (χ4n) is 3.10. The quantitative estimate of drug-likeness (QED) is 0.407. The van der Waals surface area contributed by atoms with E-state index in [1.54, 1.807) is 20.4 Å². The fraction of sp³-hybridized carbons (Fsp3) is 0.208. The average Bonchev–Trinajstić information content (AvgIpc) is 3.62. The van der Waals surface area contributed by atoms with E-state index in [-0.39, 0.29) is 11.8 Å². The lowest BCUT2D eigenvalue weighted by atomic mass is 10.2. The molecule has 8 nitrogen and oxygen atoms in total. The van der Waals surface area contributed by atoms with Gasteiger partial charge in [0, 0.05) is 23.2 Å². The Balaban J connectivity index is 0.000000158. The number of pyridine rings is 1. The van der Waals surface area contributed by atoms with E-state index in [1.807, 2.05) is 60.7 Å². The molecule has 2 aromatic carbocycles. The normalized spacial score (nSPS) is 12.4. The lowest BCUT2D eigenvalue weighted by Gasteiger charge is -2.07. The van der Waals surface area contributed by atoms with Crippen LogP contribution in [0.2, 0.25) is 0 Å². The Morgan fingerprint density at radius 1 is 1.00 bits per heavy atom. The third-order valence-corrected chi connectivity index (χ3v) is 4.99. The summed E-state index contributed by atoms with van der Waals surface area (Å²) in [7, 11) is 3.22. The molecule has 2 heterocycles. The van der Waals surface area contributed by atoms with Crippen molar-refractivity contribution in [3.8, 4) is 11.6 Å². The van der Waals surface area contributed by atoms with Gasteiger partial charge in [0.25, 0.3) is 0 Å². The Bertz CT molecular complexity index is 1190. The van der Waals surface area contributed by atoms with Crippen LogP contribution in [-0.2, 0) is 4.79 Å². The Hall–Kier alpha value is -4.07. The minimum atomic E-state index is 0.134. The summed E-state index contributed by atoms with van der Waals surface area (Å²) in [5, 5.41) is 14.3. The van der Waals surface area contributed by atoms with Crippen molar-refractivity contribution in [1.82, 2.24) is 15.2 Å². The van der Waals surface area contributed by atoms with Crippen LogP contribution in [0.25, 0.3) is 10.9 Å². The first-order valence-electron chi connectivity index (χ1n) is 10.3. The predicted molar refractivity (Wildman–Crippen MR) is 125 cm³/mol. The van der Waals surface area contributed by atoms with E-state index in [1.165, 1.54) is 0 Å². The SMILES string of the molecule is COc1ccc(NC(=O)C2CC2)cc1.COc1ncccc1Nc1n[nH]c2ccccc12. The van der Waals surface area contributed by atoms with Gasteiger partial charge in [0.1, 0.15) is 11.4 Å². The largest absolute Gasteiger partial charge is 0.497 e. The first-order valence-corrected chi connectivity index (χ1v) is 10.3. The number of fused-ring (bicyclic) bond motifs is 1. The van der Waals surface area contributed by atoms with Crippen molar-refractivity contribution < 1.29 is 14.3 Å². The van der Waals surface area contributed by atoms with Gasteiger partial charge in [-0.05, 0) is 61.4 Å². The second-order valence-corrected chi connectivity index (χ2v) is 7.30. The van der Waals surface area contributed by atoms with E-state index in [2.05, 4.69) is 25.8 Å². The molecule has 0 radical (unpaired) electrons. The molecule has 0 bridgehead atoms. The molecule has 3 N–H and O–H groups in total. The minimum absolute atomic E-state index is 0.134. The highest BCUT2D eigenvalue weighted by Gasteiger charge is 2.29. The summed E-state index contributed by atoms with van der Waals surface area (Å²) in [6.45, 7) is 0. The second kappa shape index (κ2) is 9.82. The summed E-state index contributed by atoms with van der Waals surface area (Å²) in [5.74, 6) is 2.49. The van der Waals surface area contributed by atoms with Crippen LogP contribution in [-0.4, -0.2) is 35.3 Å². The number of hydrogen-bond acceptors (Lipinski definition) is 6. The molecule has 1 fully saturated rings. The van der Waals surface area contributed by atoms with Crippen LogP contribution in [0.1, 0.15) is 12.8 Å². The molecule has 1 aliphatic carbocycles. The van der Waals surface area contributed by atoms with Crippen molar-refractivity contribution in [3.05, 3.63) is 66.9 Å². The molecule has 1 amide bonds. The van der Waals surface area contributed by atoms with Crippen LogP contribution in [0, 0.1) is 5.92 Å². The molecular formula is C24H25N5O3. The molecular weight excluding hydrogens is 406 g/mol. The number of carbonyl (C=O) groups excluding carboxylic acids is 1. The molecule has 32 heavy (non-hydrogen) atoms. The maximum Gasteiger partial charge on any atom is 0.237 e. The molecule has 8 heteroatoms. The molecule has 0 spiro atoms. The lowest BCUT2D eigenvalue weighted by molar-refractivity contribution is -0.117. The van der Waals surface area contributed by atoms with Gasteiger partial charge in [-0.15, -0.1) is 0 Å². The van der Waals surface area contributed by atoms with Crippen LogP contribution in [0.15, 0.2) is 66.9 Å². The molecule has 4 aromatic rings. The summed E-state index contributed by atoms with van der Waals surface area (Å²) < 4.78 is 10.2. The number of carbonyl (C=O) groups is 1. The monoisotopic (exact) mass is 431 g/mol. The summed E-state index contributed by atoms with van der Waals surface area (Å²) in [4.78, 5) is 15.5. The maximum absolute atomic E-state index is 11.4. The number of amides is 1. The van der Waals surface area contributed by atoms with Crippen LogP contribution < -0.4 is 20.1 Å². The van der Waals surface area contributed by atoms with Crippen LogP contribution in [0.5, 0.6) is 11.6 Å². The number of H-pyrrole nitrogens is 1. The summed E-state index contributed by atoms with van der Waals surface area (Å²) in [6, 6.07) is 19.0. The summed E-state index contributed by atoms with van der Waals surface area (Å²) >= 11 is 0. The standard InChI is InChI=1S/C13H12N4O.C11H13NO2/c1-18-13-11(7-4-8-14-13)15-12-9-5-2-3-6-10(9)16-17-12;1-14-10-6-4-9(5-7-10)12-11(13)8-2-3-8/h2-8H,1H3,(H2,15,16,17);4-8H,2-3H2,1H3,(H,12,13). The lowest BCUT2D eigenvalue weighted by Crippen LogP contribution is -2.12. The Kier molecular flexibility index (Phi) is 6.50. The van der Waals surface area contributed by atoms with E-state index in [9.17, 15) is 4.79 Å². The summed E-state index contributed by atoms with van der Waals surface area (Å²) in [6.07, 6.45) is 3.75. The Morgan fingerprint density at radius 3 is 2.50 bits per heavy atom. The Labute approximate surface area is 186 Å². The molecule has 5 rings (SSSR count). The van der Waals surface area contributed by atoms with Gasteiger partial charge in [-0.25, -0.2) is 4.98 Å². The molecule has 0 aliphatic heterocycles. The number of aromatic nitrogens is 3. The topological polar surface area (TPSA) is 101 Å².